The number of anilines is 1. The number of ether oxygens (including phenoxy) is 2. The Kier molecular flexibility index (Phi) is 4.10. The number of hydrogen-bond acceptors (Lipinski definition) is 6. The highest BCUT2D eigenvalue weighted by Crippen LogP contribution is 2.35. The van der Waals surface area contributed by atoms with Crippen LogP contribution in [0.3, 0.4) is 0 Å². The first-order valence-electron chi connectivity index (χ1n) is 7.48. The minimum Gasteiger partial charge on any atom is -0.485 e. The van der Waals surface area contributed by atoms with Crippen molar-refractivity contribution in [1.29, 1.82) is 0 Å². The molecular weight excluding hydrogens is 390 g/mol. The highest BCUT2D eigenvalue weighted by molar-refractivity contribution is 9.10. The van der Waals surface area contributed by atoms with E-state index in [2.05, 4.69) is 31.4 Å². The van der Waals surface area contributed by atoms with Gasteiger partial charge in [-0.05, 0) is 36.4 Å². The van der Waals surface area contributed by atoms with Crippen LogP contribution in [-0.4, -0.2) is 22.7 Å². The number of nitrogens with one attached hydrogen (secondary N) is 1. The van der Waals surface area contributed by atoms with Gasteiger partial charge >= 0.3 is 6.01 Å². The van der Waals surface area contributed by atoms with Gasteiger partial charge in [0, 0.05) is 10.0 Å². The summed E-state index contributed by atoms with van der Waals surface area (Å²) in [6.07, 6.45) is -0.527. The molecule has 0 spiro atoms. The van der Waals surface area contributed by atoms with Gasteiger partial charge in [-0.15, -0.1) is 5.10 Å². The second-order valence-electron chi connectivity index (χ2n) is 5.27. The number of rotatable bonds is 3. The summed E-state index contributed by atoms with van der Waals surface area (Å²) in [7, 11) is 0. The molecule has 0 bridgehead atoms. The second-order valence-corrected chi connectivity index (χ2v) is 6.19. The van der Waals surface area contributed by atoms with Gasteiger partial charge in [0.25, 0.3) is 11.8 Å². The largest absolute Gasteiger partial charge is 0.485 e. The molecule has 1 aromatic heterocycles. The van der Waals surface area contributed by atoms with Crippen molar-refractivity contribution in [3.05, 3.63) is 64.5 Å². The number of carbonyl (C=O) groups excluding carboxylic acids is 1. The minimum absolute atomic E-state index is 0.00498. The molecule has 4 rings (SSSR count). The van der Waals surface area contributed by atoms with E-state index in [0.29, 0.717) is 17.1 Å². The Morgan fingerprint density at radius 1 is 1.08 bits per heavy atom. The van der Waals surface area contributed by atoms with E-state index in [1.165, 1.54) is 0 Å². The molecule has 1 amide bonds. The van der Waals surface area contributed by atoms with E-state index in [0.717, 1.165) is 4.47 Å². The van der Waals surface area contributed by atoms with Gasteiger partial charge in [0.15, 0.2) is 11.5 Å². The molecule has 0 saturated carbocycles. The molecule has 2 heterocycles. The Morgan fingerprint density at radius 3 is 2.64 bits per heavy atom. The number of nitrogens with zero attached hydrogens (tertiary/aromatic N) is 2. The first-order valence-corrected chi connectivity index (χ1v) is 8.27. The van der Waals surface area contributed by atoms with Crippen LogP contribution in [0.25, 0.3) is 0 Å². The number of hydrogen-bond donors (Lipinski definition) is 1. The van der Waals surface area contributed by atoms with Crippen molar-refractivity contribution in [3.63, 3.8) is 0 Å². The smallest absolute Gasteiger partial charge is 0.322 e. The summed E-state index contributed by atoms with van der Waals surface area (Å²) in [4.78, 5) is 12.2. The lowest BCUT2D eigenvalue weighted by Gasteiger charge is -2.23. The zero-order chi connectivity index (χ0) is 17.2. The number of fused-ring (bicyclic) bond motifs is 1. The maximum atomic E-state index is 12.2. The van der Waals surface area contributed by atoms with E-state index in [1.807, 2.05) is 18.2 Å². The molecule has 0 radical (unpaired) electrons. The SMILES string of the molecule is O=C(Nc1nnc([C@H]2COc3ccccc3O2)o1)c1ccc(Br)cc1. The van der Waals surface area contributed by atoms with E-state index < -0.39 is 6.10 Å². The molecule has 1 atom stereocenters. The lowest BCUT2D eigenvalue weighted by atomic mass is 10.2. The van der Waals surface area contributed by atoms with Crippen molar-refractivity contribution in [2.24, 2.45) is 0 Å². The summed E-state index contributed by atoms with van der Waals surface area (Å²) >= 11 is 3.32. The zero-order valence-electron chi connectivity index (χ0n) is 12.8. The summed E-state index contributed by atoms with van der Waals surface area (Å²) in [6, 6.07) is 14.3. The van der Waals surface area contributed by atoms with Crippen LogP contribution in [0, 0.1) is 0 Å². The Morgan fingerprint density at radius 2 is 1.84 bits per heavy atom. The fourth-order valence-corrected chi connectivity index (χ4v) is 2.59. The molecule has 0 aliphatic carbocycles. The third-order valence-corrected chi connectivity index (χ3v) is 4.08. The number of benzene rings is 2. The van der Waals surface area contributed by atoms with Crippen LogP contribution in [0.1, 0.15) is 22.4 Å². The van der Waals surface area contributed by atoms with Crippen LogP contribution < -0.4 is 14.8 Å². The van der Waals surface area contributed by atoms with E-state index in [9.17, 15) is 4.79 Å². The van der Waals surface area contributed by atoms with Crippen molar-refractivity contribution in [3.8, 4) is 11.5 Å². The highest BCUT2D eigenvalue weighted by atomic mass is 79.9. The normalized spacial score (nSPS) is 15.6. The maximum Gasteiger partial charge on any atom is 0.322 e. The predicted octanol–water partition coefficient (Wildman–Crippen LogP) is 3.60. The molecule has 0 unspecified atom stereocenters. The number of amides is 1. The van der Waals surface area contributed by atoms with Crippen LogP contribution in [0.15, 0.2) is 57.4 Å². The second kappa shape index (κ2) is 6.56. The van der Waals surface area contributed by atoms with Crippen LogP contribution in [0.5, 0.6) is 11.5 Å². The van der Waals surface area contributed by atoms with E-state index in [4.69, 9.17) is 13.9 Å². The zero-order valence-corrected chi connectivity index (χ0v) is 14.4. The van der Waals surface area contributed by atoms with Crippen molar-refractivity contribution < 1.29 is 18.7 Å². The van der Waals surface area contributed by atoms with Crippen molar-refractivity contribution >= 4 is 27.9 Å². The summed E-state index contributed by atoms with van der Waals surface area (Å²) in [6.45, 7) is 0.249. The van der Waals surface area contributed by atoms with Gasteiger partial charge in [0.05, 0.1) is 0 Å². The first kappa shape index (κ1) is 15.6. The third kappa shape index (κ3) is 3.34. The van der Waals surface area contributed by atoms with Crippen LogP contribution in [-0.2, 0) is 0 Å². The average Bonchev–Trinajstić information content (AvgIpc) is 3.10. The lowest BCUT2D eigenvalue weighted by molar-refractivity contribution is 0.0716. The molecule has 0 saturated heterocycles. The van der Waals surface area contributed by atoms with Gasteiger partial charge in [0.2, 0.25) is 6.10 Å². The topological polar surface area (TPSA) is 86.5 Å². The molecule has 7 nitrogen and oxygen atoms in total. The Balaban J connectivity index is 1.46. The quantitative estimate of drug-likeness (QED) is 0.721. The summed E-state index contributed by atoms with van der Waals surface area (Å²) in [5.41, 5.74) is 0.481. The van der Waals surface area contributed by atoms with E-state index >= 15 is 0 Å². The van der Waals surface area contributed by atoms with Gasteiger partial charge < -0.3 is 13.9 Å². The number of carbonyl (C=O) groups is 1. The number of aromatic nitrogens is 2. The Labute approximate surface area is 151 Å². The van der Waals surface area contributed by atoms with Gasteiger partial charge in [-0.2, -0.15) is 0 Å². The Hall–Kier alpha value is -2.87. The van der Waals surface area contributed by atoms with E-state index in [1.54, 1.807) is 30.3 Å². The van der Waals surface area contributed by atoms with Gasteiger partial charge in [0.1, 0.15) is 6.61 Å². The van der Waals surface area contributed by atoms with Gasteiger partial charge in [-0.1, -0.05) is 33.2 Å². The molecule has 25 heavy (non-hydrogen) atoms. The van der Waals surface area contributed by atoms with Gasteiger partial charge in [-0.25, -0.2) is 0 Å². The maximum absolute atomic E-state index is 12.2. The average molecular weight is 402 g/mol. The third-order valence-electron chi connectivity index (χ3n) is 3.55. The van der Waals surface area contributed by atoms with Crippen LogP contribution in [0.2, 0.25) is 0 Å². The summed E-state index contributed by atoms with van der Waals surface area (Å²) < 4.78 is 17.8. The molecule has 1 aliphatic rings. The predicted molar refractivity (Wildman–Crippen MR) is 91.7 cm³/mol. The van der Waals surface area contributed by atoms with Crippen molar-refractivity contribution in [2.45, 2.75) is 6.10 Å². The Bertz CT molecular complexity index is 910. The molecule has 2 aromatic carbocycles. The fraction of sp³-hybridized carbons (Fsp3) is 0.118. The summed E-state index contributed by atoms with van der Waals surface area (Å²) in [5.74, 6) is 1.17. The highest BCUT2D eigenvalue weighted by Gasteiger charge is 2.27. The van der Waals surface area contributed by atoms with E-state index in [-0.39, 0.29) is 24.4 Å². The lowest BCUT2D eigenvalue weighted by Crippen LogP contribution is -2.21. The van der Waals surface area contributed by atoms with Crippen molar-refractivity contribution in [2.75, 3.05) is 11.9 Å². The minimum atomic E-state index is -0.527. The monoisotopic (exact) mass is 401 g/mol. The molecule has 3 aromatic rings. The first-order chi connectivity index (χ1) is 12.2. The standard InChI is InChI=1S/C17H12BrN3O4/c18-11-7-5-10(6-8-11)15(22)19-17-21-20-16(25-17)14-9-23-12-3-1-2-4-13(12)24-14/h1-8,14H,9H2,(H,19,21,22)/t14-/m1/s1. The van der Waals surface area contributed by atoms with Crippen LogP contribution >= 0.6 is 15.9 Å². The molecule has 8 heteroatoms. The molecule has 1 aliphatic heterocycles. The molecular formula is C17H12BrN3O4. The fourth-order valence-electron chi connectivity index (χ4n) is 2.33. The van der Waals surface area contributed by atoms with Gasteiger partial charge in [-0.3, -0.25) is 10.1 Å². The number of para-hydroxylation sites is 2. The van der Waals surface area contributed by atoms with Crippen molar-refractivity contribution in [1.82, 2.24) is 10.2 Å². The van der Waals surface area contributed by atoms with Crippen LogP contribution in [0.4, 0.5) is 6.01 Å². The molecule has 0 fully saturated rings. The summed E-state index contributed by atoms with van der Waals surface area (Å²) in [5, 5.41) is 10.3. The molecule has 1 N–H and O–H groups in total. The molecule has 126 valence electrons. The number of halogens is 1.